The summed E-state index contributed by atoms with van der Waals surface area (Å²) in [5.74, 6) is -0.811. The zero-order valence-electron chi connectivity index (χ0n) is 12.9. The highest BCUT2D eigenvalue weighted by atomic mass is 32.2. The number of benzene rings is 1. The second kappa shape index (κ2) is 4.97. The van der Waals surface area contributed by atoms with Crippen molar-refractivity contribution < 1.29 is 22.6 Å². The average molecular weight is 355 g/mol. The summed E-state index contributed by atoms with van der Waals surface area (Å²) in [6, 6.07) is 7.34. The van der Waals surface area contributed by atoms with Crippen LogP contribution in [0.15, 0.2) is 28.6 Å². The van der Waals surface area contributed by atoms with Gasteiger partial charge in [-0.2, -0.15) is 0 Å². The fourth-order valence-electron chi connectivity index (χ4n) is 3.08. The van der Waals surface area contributed by atoms with Gasteiger partial charge in [0.25, 0.3) is 0 Å². The molecule has 1 aromatic carbocycles. The number of nitrogens with zero attached hydrogens (tertiary/aromatic N) is 1. The van der Waals surface area contributed by atoms with E-state index in [-0.39, 0.29) is 16.5 Å². The lowest BCUT2D eigenvalue weighted by Gasteiger charge is -2.22. The number of hydrogen-bond donors (Lipinski definition) is 0. The molecule has 0 amide bonds. The first-order valence-electron chi connectivity index (χ1n) is 7.38. The molecule has 6 nitrogen and oxygen atoms in total. The Bertz CT molecular complexity index is 827. The van der Waals surface area contributed by atoms with Crippen LogP contribution in [-0.2, 0) is 24.0 Å². The average Bonchev–Trinajstić information content (AvgIpc) is 3.12. The van der Waals surface area contributed by atoms with E-state index in [1.807, 2.05) is 18.2 Å². The summed E-state index contributed by atoms with van der Waals surface area (Å²) in [5, 5.41) is 0. The Balaban J connectivity index is 1.74. The molecule has 0 radical (unpaired) electrons. The maximum Gasteiger partial charge on any atom is 0.234 e. The van der Waals surface area contributed by atoms with Crippen molar-refractivity contribution in [2.24, 2.45) is 0 Å². The van der Waals surface area contributed by atoms with Crippen LogP contribution in [0.5, 0.6) is 0 Å². The number of ether oxygens (including phenoxy) is 3. The van der Waals surface area contributed by atoms with Crippen molar-refractivity contribution in [2.75, 3.05) is 0 Å². The zero-order valence-corrected chi connectivity index (χ0v) is 14.6. The number of sulfone groups is 1. The summed E-state index contributed by atoms with van der Waals surface area (Å²) in [5.41, 5.74) is -0.424. The molecule has 0 N–H and O–H groups in total. The summed E-state index contributed by atoms with van der Waals surface area (Å²) < 4.78 is 44.1. The third kappa shape index (κ3) is 2.40. The van der Waals surface area contributed by atoms with Crippen molar-refractivity contribution >= 4 is 31.4 Å². The van der Waals surface area contributed by atoms with Gasteiger partial charge in [0.2, 0.25) is 14.2 Å². The maximum absolute atomic E-state index is 13.0. The van der Waals surface area contributed by atoms with E-state index in [0.29, 0.717) is 5.52 Å². The van der Waals surface area contributed by atoms with Gasteiger partial charge in [-0.05, 0) is 32.9 Å². The van der Waals surface area contributed by atoms with Gasteiger partial charge in [0, 0.05) is 0 Å². The third-order valence-electron chi connectivity index (χ3n) is 4.07. The molecule has 2 fully saturated rings. The largest absolute Gasteiger partial charge is 0.353 e. The van der Waals surface area contributed by atoms with Gasteiger partial charge in [-0.15, -0.1) is 11.3 Å². The summed E-state index contributed by atoms with van der Waals surface area (Å²) in [4.78, 5) is 4.26. The second-order valence-corrected chi connectivity index (χ2v) is 9.50. The van der Waals surface area contributed by atoms with E-state index < -0.39 is 27.2 Å². The van der Waals surface area contributed by atoms with Crippen molar-refractivity contribution in [1.29, 1.82) is 0 Å². The number of para-hydroxylation sites is 1. The van der Waals surface area contributed by atoms with Crippen LogP contribution in [0.3, 0.4) is 0 Å². The lowest BCUT2D eigenvalue weighted by atomic mass is 10.2. The normalized spacial score (nSPS) is 33.2. The van der Waals surface area contributed by atoms with E-state index in [4.69, 9.17) is 14.2 Å². The van der Waals surface area contributed by atoms with Crippen LogP contribution in [0.25, 0.3) is 10.2 Å². The zero-order chi connectivity index (χ0) is 16.4. The second-order valence-electron chi connectivity index (χ2n) is 6.27. The van der Waals surface area contributed by atoms with Crippen molar-refractivity contribution in [1.82, 2.24) is 4.98 Å². The lowest BCUT2D eigenvalue weighted by Crippen LogP contribution is -2.35. The Hall–Kier alpha value is -1.06. The molecular weight excluding hydrogens is 338 g/mol. The molecule has 0 unspecified atom stereocenters. The lowest BCUT2D eigenvalue weighted by molar-refractivity contribution is -0.177. The number of hydrogen-bond acceptors (Lipinski definition) is 7. The van der Waals surface area contributed by atoms with Gasteiger partial charge in [-0.25, -0.2) is 13.4 Å². The molecule has 23 heavy (non-hydrogen) atoms. The minimum atomic E-state index is -3.76. The molecule has 1 aromatic heterocycles. The Labute approximate surface area is 138 Å². The van der Waals surface area contributed by atoms with Crippen molar-refractivity contribution in [3.8, 4) is 0 Å². The fraction of sp³-hybridized carbons (Fsp3) is 0.533. The molecule has 2 saturated heterocycles. The van der Waals surface area contributed by atoms with E-state index in [0.717, 1.165) is 16.0 Å². The molecule has 3 heterocycles. The van der Waals surface area contributed by atoms with E-state index >= 15 is 0 Å². The monoisotopic (exact) mass is 355 g/mol. The van der Waals surface area contributed by atoms with E-state index in [2.05, 4.69) is 4.98 Å². The Morgan fingerprint density at radius 3 is 2.61 bits per heavy atom. The number of rotatable bonds is 2. The van der Waals surface area contributed by atoms with Crippen molar-refractivity contribution in [3.05, 3.63) is 24.3 Å². The van der Waals surface area contributed by atoms with Crippen LogP contribution in [0.1, 0.15) is 20.8 Å². The molecule has 0 aliphatic carbocycles. The van der Waals surface area contributed by atoms with Gasteiger partial charge in [-0.3, -0.25) is 0 Å². The molecule has 124 valence electrons. The molecule has 4 atom stereocenters. The van der Waals surface area contributed by atoms with Gasteiger partial charge in [0.05, 0.1) is 16.3 Å². The van der Waals surface area contributed by atoms with Crippen molar-refractivity contribution in [2.45, 2.75) is 54.6 Å². The van der Waals surface area contributed by atoms with Crippen molar-refractivity contribution in [3.63, 3.8) is 0 Å². The van der Waals surface area contributed by atoms with Crippen LogP contribution in [0.4, 0.5) is 0 Å². The first-order valence-corrected chi connectivity index (χ1v) is 9.75. The van der Waals surface area contributed by atoms with Crippen LogP contribution in [0.2, 0.25) is 0 Å². The number of aromatic nitrogens is 1. The van der Waals surface area contributed by atoms with Gasteiger partial charge in [0.15, 0.2) is 11.2 Å². The van der Waals surface area contributed by atoms with Gasteiger partial charge >= 0.3 is 0 Å². The molecule has 8 heteroatoms. The smallest absolute Gasteiger partial charge is 0.234 e. The molecule has 0 bridgehead atoms. The Morgan fingerprint density at radius 1 is 1.17 bits per heavy atom. The van der Waals surface area contributed by atoms with Crippen LogP contribution in [0, 0.1) is 0 Å². The maximum atomic E-state index is 13.0. The molecule has 2 aromatic rings. The highest BCUT2D eigenvalue weighted by Crippen LogP contribution is 2.42. The first kappa shape index (κ1) is 15.5. The van der Waals surface area contributed by atoms with Crippen LogP contribution >= 0.6 is 11.3 Å². The topological polar surface area (TPSA) is 74.7 Å². The standard InChI is InChI=1S/C15H17NO5S2/c1-8-11-12(21-15(2,3)20-11)13(19-8)23(17,18)14-16-9-6-4-5-7-10(9)22-14/h4-8,11-13H,1-3H3/t8-,11-,12-,13+/m1/s1. The minimum absolute atomic E-state index is 0.0601. The number of fused-ring (bicyclic) bond motifs is 2. The Kier molecular flexibility index (Phi) is 3.34. The summed E-state index contributed by atoms with van der Waals surface area (Å²) in [6.45, 7) is 5.36. The highest BCUT2D eigenvalue weighted by Gasteiger charge is 2.58. The highest BCUT2D eigenvalue weighted by molar-refractivity contribution is 7.94. The first-order chi connectivity index (χ1) is 10.8. The van der Waals surface area contributed by atoms with Crippen LogP contribution in [-0.4, -0.2) is 42.9 Å². The molecule has 4 rings (SSSR count). The number of thiazole rings is 1. The summed E-state index contributed by atoms with van der Waals surface area (Å²) in [6.07, 6.45) is -1.38. The molecular formula is C15H17NO5S2. The predicted molar refractivity (Wildman–Crippen MR) is 85.0 cm³/mol. The molecule has 0 spiro atoms. The third-order valence-corrected chi connectivity index (χ3v) is 7.41. The van der Waals surface area contributed by atoms with E-state index in [1.54, 1.807) is 26.8 Å². The van der Waals surface area contributed by atoms with Gasteiger partial charge in [-0.1, -0.05) is 12.1 Å². The minimum Gasteiger partial charge on any atom is -0.353 e. The molecule has 2 aliphatic heterocycles. The van der Waals surface area contributed by atoms with Gasteiger partial charge in [0.1, 0.15) is 12.2 Å². The predicted octanol–water partition coefficient (Wildman–Crippen LogP) is 2.33. The summed E-state index contributed by atoms with van der Waals surface area (Å²) >= 11 is 1.15. The molecule has 0 saturated carbocycles. The molecule has 2 aliphatic rings. The van der Waals surface area contributed by atoms with E-state index in [1.165, 1.54) is 0 Å². The van der Waals surface area contributed by atoms with E-state index in [9.17, 15) is 8.42 Å². The quantitative estimate of drug-likeness (QED) is 0.823. The SMILES string of the molecule is C[C@H]1O[C@@H](S(=O)(=O)c2nc3ccccc3s2)[C@@H]2OC(C)(C)O[C@@H]21. The summed E-state index contributed by atoms with van der Waals surface area (Å²) in [7, 11) is -3.76. The fourth-order valence-corrected chi connectivity index (χ4v) is 6.10. The van der Waals surface area contributed by atoms with Crippen LogP contribution < -0.4 is 0 Å². The van der Waals surface area contributed by atoms with Gasteiger partial charge < -0.3 is 14.2 Å². The Morgan fingerprint density at radius 2 is 1.87 bits per heavy atom.